The zero-order chi connectivity index (χ0) is 13.1. The monoisotopic (exact) mass is 242 g/mol. The number of carbonyl (C=O) groups excluding carboxylic acids is 1. The van der Waals surface area contributed by atoms with E-state index in [-0.39, 0.29) is 11.8 Å². The molecule has 98 valence electrons. The normalized spacial score (nSPS) is 20.6. The summed E-state index contributed by atoms with van der Waals surface area (Å²) in [7, 11) is 0. The number of amides is 1. The SMILES string of the molecule is CCC1(CC)CN(C(CCC(N)=O)C(=O)O)C1. The fraction of sp³-hybridized carbons (Fsp3) is 0.833. The number of carboxylic acid groups (broad SMARTS) is 1. The number of hydrogen-bond donors (Lipinski definition) is 2. The van der Waals surface area contributed by atoms with Gasteiger partial charge in [-0.15, -0.1) is 0 Å². The summed E-state index contributed by atoms with van der Waals surface area (Å²) < 4.78 is 0. The van der Waals surface area contributed by atoms with E-state index >= 15 is 0 Å². The van der Waals surface area contributed by atoms with Crippen molar-refractivity contribution in [2.75, 3.05) is 13.1 Å². The molecule has 0 bridgehead atoms. The molecule has 1 amide bonds. The number of carbonyl (C=O) groups is 2. The molecule has 0 radical (unpaired) electrons. The predicted molar refractivity (Wildman–Crippen MR) is 64.4 cm³/mol. The first-order valence-corrected chi connectivity index (χ1v) is 6.19. The summed E-state index contributed by atoms with van der Waals surface area (Å²) in [6.07, 6.45) is 2.59. The van der Waals surface area contributed by atoms with E-state index in [9.17, 15) is 9.59 Å². The van der Waals surface area contributed by atoms with E-state index in [1.54, 1.807) is 0 Å². The van der Waals surface area contributed by atoms with Crippen molar-refractivity contribution in [3.05, 3.63) is 0 Å². The molecule has 1 aliphatic heterocycles. The molecule has 0 aliphatic carbocycles. The van der Waals surface area contributed by atoms with E-state index in [0.29, 0.717) is 6.42 Å². The van der Waals surface area contributed by atoms with E-state index in [0.717, 1.165) is 25.9 Å². The first-order valence-electron chi connectivity index (χ1n) is 6.19. The van der Waals surface area contributed by atoms with Crippen LogP contribution in [-0.4, -0.2) is 41.0 Å². The van der Waals surface area contributed by atoms with Gasteiger partial charge in [0.2, 0.25) is 5.91 Å². The van der Waals surface area contributed by atoms with Gasteiger partial charge in [-0.3, -0.25) is 14.5 Å². The molecule has 0 aromatic carbocycles. The van der Waals surface area contributed by atoms with Crippen LogP contribution in [0.3, 0.4) is 0 Å². The lowest BCUT2D eigenvalue weighted by molar-refractivity contribution is -0.150. The fourth-order valence-electron chi connectivity index (χ4n) is 2.47. The summed E-state index contributed by atoms with van der Waals surface area (Å²) in [4.78, 5) is 23.8. The van der Waals surface area contributed by atoms with Crippen LogP contribution in [0.2, 0.25) is 0 Å². The van der Waals surface area contributed by atoms with Gasteiger partial charge >= 0.3 is 5.97 Å². The standard InChI is InChI=1S/C12H22N2O3/c1-3-12(4-2)7-14(8-12)9(11(16)17)5-6-10(13)15/h9H,3-8H2,1-2H3,(H2,13,15)(H,16,17). The van der Waals surface area contributed by atoms with Gasteiger partial charge in [0.05, 0.1) is 0 Å². The molecule has 3 N–H and O–H groups in total. The number of carboxylic acids is 1. The highest BCUT2D eigenvalue weighted by Gasteiger charge is 2.44. The second-order valence-corrected chi connectivity index (χ2v) is 4.97. The van der Waals surface area contributed by atoms with Gasteiger partial charge in [0.1, 0.15) is 6.04 Å². The third-order valence-corrected chi connectivity index (χ3v) is 3.97. The second-order valence-electron chi connectivity index (χ2n) is 4.97. The van der Waals surface area contributed by atoms with Crippen LogP contribution in [0.1, 0.15) is 39.5 Å². The van der Waals surface area contributed by atoms with Gasteiger partial charge in [0.15, 0.2) is 0 Å². The first-order chi connectivity index (χ1) is 7.94. The Labute approximate surface area is 102 Å². The van der Waals surface area contributed by atoms with E-state index in [1.807, 2.05) is 4.90 Å². The lowest BCUT2D eigenvalue weighted by Gasteiger charge is -2.52. The summed E-state index contributed by atoms with van der Waals surface area (Å²) in [6, 6.07) is -0.561. The van der Waals surface area contributed by atoms with Gasteiger partial charge in [-0.05, 0) is 24.7 Å². The van der Waals surface area contributed by atoms with Crippen LogP contribution in [0.25, 0.3) is 0 Å². The Morgan fingerprint density at radius 2 is 1.88 bits per heavy atom. The number of likely N-dealkylation sites (tertiary alicyclic amines) is 1. The maximum absolute atomic E-state index is 11.1. The average molecular weight is 242 g/mol. The van der Waals surface area contributed by atoms with Gasteiger partial charge in [0, 0.05) is 19.5 Å². The van der Waals surface area contributed by atoms with Crippen LogP contribution in [-0.2, 0) is 9.59 Å². The second kappa shape index (κ2) is 5.49. The van der Waals surface area contributed by atoms with Crippen LogP contribution in [0.15, 0.2) is 0 Å². The van der Waals surface area contributed by atoms with Gasteiger partial charge in [-0.1, -0.05) is 13.8 Å². The molecule has 17 heavy (non-hydrogen) atoms. The van der Waals surface area contributed by atoms with Gasteiger partial charge < -0.3 is 10.8 Å². The van der Waals surface area contributed by atoms with Gasteiger partial charge in [-0.25, -0.2) is 0 Å². The molecule has 0 aromatic rings. The first kappa shape index (κ1) is 14.0. The Morgan fingerprint density at radius 3 is 2.24 bits per heavy atom. The Bertz CT molecular complexity index is 292. The van der Waals surface area contributed by atoms with Crippen molar-refractivity contribution in [1.29, 1.82) is 0 Å². The van der Waals surface area contributed by atoms with E-state index < -0.39 is 17.9 Å². The maximum Gasteiger partial charge on any atom is 0.320 e. The summed E-state index contributed by atoms with van der Waals surface area (Å²) >= 11 is 0. The molecule has 5 heteroatoms. The lowest BCUT2D eigenvalue weighted by atomic mass is 9.74. The van der Waals surface area contributed by atoms with Crippen LogP contribution < -0.4 is 5.73 Å². The molecule has 1 saturated heterocycles. The summed E-state index contributed by atoms with van der Waals surface area (Å²) in [5.74, 6) is -1.29. The van der Waals surface area contributed by atoms with Crippen molar-refractivity contribution < 1.29 is 14.7 Å². The van der Waals surface area contributed by atoms with E-state index in [1.165, 1.54) is 0 Å². The average Bonchev–Trinajstić information content (AvgIpc) is 2.20. The Morgan fingerprint density at radius 1 is 1.35 bits per heavy atom. The highest BCUT2D eigenvalue weighted by Crippen LogP contribution is 2.38. The van der Waals surface area contributed by atoms with Crippen molar-refractivity contribution in [2.24, 2.45) is 11.1 Å². The lowest BCUT2D eigenvalue weighted by Crippen LogP contribution is -2.61. The molecule has 5 nitrogen and oxygen atoms in total. The minimum atomic E-state index is -0.855. The number of hydrogen-bond acceptors (Lipinski definition) is 3. The van der Waals surface area contributed by atoms with Gasteiger partial charge in [-0.2, -0.15) is 0 Å². The summed E-state index contributed by atoms with van der Waals surface area (Å²) in [6.45, 7) is 5.91. The third-order valence-electron chi connectivity index (χ3n) is 3.97. The van der Waals surface area contributed by atoms with Crippen LogP contribution in [0.5, 0.6) is 0 Å². The topological polar surface area (TPSA) is 83.6 Å². The largest absolute Gasteiger partial charge is 0.480 e. The molecule has 0 spiro atoms. The Kier molecular flexibility index (Phi) is 4.51. The molecule has 1 fully saturated rings. The maximum atomic E-state index is 11.1. The molecule has 1 heterocycles. The molecular weight excluding hydrogens is 220 g/mol. The smallest absolute Gasteiger partial charge is 0.320 e. The van der Waals surface area contributed by atoms with Crippen LogP contribution in [0.4, 0.5) is 0 Å². The van der Waals surface area contributed by atoms with Crippen LogP contribution >= 0.6 is 0 Å². The molecule has 1 aliphatic rings. The number of nitrogens with zero attached hydrogens (tertiary/aromatic N) is 1. The van der Waals surface area contributed by atoms with Crippen molar-refractivity contribution in [3.8, 4) is 0 Å². The zero-order valence-electron chi connectivity index (χ0n) is 10.6. The minimum absolute atomic E-state index is 0.138. The Balaban J connectivity index is 2.52. The number of aliphatic carboxylic acids is 1. The van der Waals surface area contributed by atoms with E-state index in [2.05, 4.69) is 13.8 Å². The highest BCUT2D eigenvalue weighted by atomic mass is 16.4. The molecule has 0 saturated carbocycles. The number of primary amides is 1. The highest BCUT2D eigenvalue weighted by molar-refractivity contribution is 5.77. The fourth-order valence-corrected chi connectivity index (χ4v) is 2.47. The summed E-state index contributed by atoms with van der Waals surface area (Å²) in [5.41, 5.74) is 5.33. The number of nitrogens with two attached hydrogens (primary N) is 1. The zero-order valence-corrected chi connectivity index (χ0v) is 10.6. The molecular formula is C12H22N2O3. The van der Waals surface area contributed by atoms with Gasteiger partial charge in [0.25, 0.3) is 0 Å². The van der Waals surface area contributed by atoms with Crippen LogP contribution in [0, 0.1) is 5.41 Å². The van der Waals surface area contributed by atoms with Crippen molar-refractivity contribution in [1.82, 2.24) is 4.90 Å². The minimum Gasteiger partial charge on any atom is -0.480 e. The van der Waals surface area contributed by atoms with Crippen molar-refractivity contribution in [2.45, 2.75) is 45.6 Å². The van der Waals surface area contributed by atoms with Crippen molar-refractivity contribution >= 4 is 11.9 Å². The Hall–Kier alpha value is -1.10. The van der Waals surface area contributed by atoms with Crippen molar-refractivity contribution in [3.63, 3.8) is 0 Å². The quantitative estimate of drug-likeness (QED) is 0.692. The van der Waals surface area contributed by atoms with E-state index in [4.69, 9.17) is 10.8 Å². The number of rotatable bonds is 7. The molecule has 0 aromatic heterocycles. The molecule has 1 atom stereocenters. The molecule has 1 rings (SSSR count). The molecule has 1 unspecified atom stereocenters. The summed E-state index contributed by atoms with van der Waals surface area (Å²) in [5, 5.41) is 9.14. The third kappa shape index (κ3) is 3.19. The predicted octanol–water partition coefficient (Wildman–Crippen LogP) is 0.827.